The van der Waals surface area contributed by atoms with E-state index in [0.717, 1.165) is 49.3 Å². The monoisotopic (exact) mass is 487 g/mol. The highest BCUT2D eigenvalue weighted by Gasteiger charge is 2.35. The van der Waals surface area contributed by atoms with E-state index in [2.05, 4.69) is 60.7 Å². The van der Waals surface area contributed by atoms with Crippen LogP contribution in [0.4, 0.5) is 11.4 Å². The molecule has 5 heteroatoms. The highest BCUT2D eigenvalue weighted by atomic mass is 16.5. The number of rotatable bonds is 6. The van der Waals surface area contributed by atoms with E-state index in [0.29, 0.717) is 11.4 Å². The van der Waals surface area contributed by atoms with Crippen molar-refractivity contribution in [3.63, 3.8) is 0 Å². The molecule has 5 aromatic rings. The van der Waals surface area contributed by atoms with Crippen LogP contribution < -0.4 is 16.9 Å². The minimum atomic E-state index is -0.975. The molecule has 0 aliphatic rings. The minimum Gasteiger partial charge on any atom is -0.427 e. The highest BCUT2D eigenvalue weighted by Crippen LogP contribution is 2.38. The van der Waals surface area contributed by atoms with Crippen molar-refractivity contribution in [3.8, 4) is 22.3 Å². The third-order valence-corrected chi connectivity index (χ3v) is 7.49. The molecular formula is C32H32BN2O2. The molecule has 0 aromatic heterocycles. The maximum Gasteiger partial charge on any atom is 0.330 e. The molecule has 1 radical (unpaired) electrons. The Labute approximate surface area is 219 Å². The molecule has 5 aromatic carbocycles. The number of benzene rings is 5. The predicted molar refractivity (Wildman–Crippen MR) is 158 cm³/mol. The Morgan fingerprint density at radius 2 is 1.14 bits per heavy atom. The zero-order valence-corrected chi connectivity index (χ0v) is 21.7. The number of anilines is 2. The van der Waals surface area contributed by atoms with Gasteiger partial charge in [0.2, 0.25) is 0 Å². The number of nitrogen functional groups attached to an aromatic ring is 2. The Kier molecular flexibility index (Phi) is 6.22. The first-order chi connectivity index (χ1) is 17.5. The molecule has 0 saturated carbocycles. The molecule has 0 atom stereocenters. The van der Waals surface area contributed by atoms with Gasteiger partial charge in [0.05, 0.1) is 22.6 Å². The fraction of sp³-hybridized carbons (Fsp3) is 0.188. The lowest BCUT2D eigenvalue weighted by molar-refractivity contribution is -0.0893. The van der Waals surface area contributed by atoms with Gasteiger partial charge < -0.3 is 21.2 Å². The van der Waals surface area contributed by atoms with Gasteiger partial charge in [-0.3, -0.25) is 0 Å². The number of nitrogens with two attached hydrogens (primary N) is 2. The van der Waals surface area contributed by atoms with Gasteiger partial charge in [-0.05, 0) is 72.9 Å². The Balaban J connectivity index is 1.50. The van der Waals surface area contributed by atoms with E-state index in [9.17, 15) is 5.11 Å². The number of hydrogen-bond acceptors (Lipinski definition) is 4. The first-order valence-corrected chi connectivity index (χ1v) is 12.5. The van der Waals surface area contributed by atoms with Gasteiger partial charge in [-0.1, -0.05) is 84.3 Å². The third-order valence-electron chi connectivity index (χ3n) is 7.49. The summed E-state index contributed by atoms with van der Waals surface area (Å²) in [5.41, 5.74) is 17.7. The van der Waals surface area contributed by atoms with Crippen molar-refractivity contribution in [2.45, 2.75) is 38.9 Å². The van der Waals surface area contributed by atoms with Crippen LogP contribution in [0.15, 0.2) is 91.0 Å². The molecule has 0 saturated heterocycles. The molecule has 0 unspecified atom stereocenters. The van der Waals surface area contributed by atoms with Crippen molar-refractivity contribution in [1.29, 1.82) is 0 Å². The maximum absolute atomic E-state index is 10.4. The van der Waals surface area contributed by atoms with Crippen LogP contribution in [0.1, 0.15) is 27.7 Å². The van der Waals surface area contributed by atoms with Crippen molar-refractivity contribution in [2.75, 3.05) is 11.5 Å². The second-order valence-corrected chi connectivity index (χ2v) is 10.6. The van der Waals surface area contributed by atoms with Gasteiger partial charge in [-0.25, -0.2) is 0 Å². The fourth-order valence-corrected chi connectivity index (χ4v) is 4.45. The van der Waals surface area contributed by atoms with Crippen LogP contribution in [-0.4, -0.2) is 23.8 Å². The average Bonchev–Trinajstić information content (AvgIpc) is 2.90. The Morgan fingerprint density at radius 1 is 0.595 bits per heavy atom. The Morgan fingerprint density at radius 3 is 1.78 bits per heavy atom. The van der Waals surface area contributed by atoms with Crippen molar-refractivity contribution in [2.24, 2.45) is 0 Å². The molecule has 0 amide bonds. The summed E-state index contributed by atoms with van der Waals surface area (Å²) in [7, 11) is 1.72. The normalized spacial score (nSPS) is 12.2. The molecule has 0 aliphatic carbocycles. The second-order valence-electron chi connectivity index (χ2n) is 10.6. The van der Waals surface area contributed by atoms with Gasteiger partial charge in [0.25, 0.3) is 0 Å². The second kappa shape index (κ2) is 9.26. The SMILES string of the molecule is CC(C)(O)C(C)(C)O[B]c1cccc(-c2cccc(-c3ccc4c(N)c(N)c5ccccc5c4c3)c2)c1. The van der Waals surface area contributed by atoms with Crippen LogP contribution in [0.3, 0.4) is 0 Å². The molecule has 5 rings (SSSR count). The molecule has 37 heavy (non-hydrogen) atoms. The summed E-state index contributed by atoms with van der Waals surface area (Å²) in [5.74, 6) is 0. The highest BCUT2D eigenvalue weighted by molar-refractivity contribution is 6.47. The first kappa shape index (κ1) is 24.9. The molecule has 185 valence electrons. The topological polar surface area (TPSA) is 81.5 Å². The molecular weight excluding hydrogens is 455 g/mol. The van der Waals surface area contributed by atoms with E-state index in [1.165, 1.54) is 0 Å². The smallest absolute Gasteiger partial charge is 0.330 e. The fourth-order valence-electron chi connectivity index (χ4n) is 4.45. The zero-order chi connectivity index (χ0) is 26.4. The van der Waals surface area contributed by atoms with Gasteiger partial charge in [-0.15, -0.1) is 0 Å². The van der Waals surface area contributed by atoms with Crippen LogP contribution in [0.25, 0.3) is 43.8 Å². The standard InChI is InChI=1S/C32H32BN2O2/c1-31(2,36)32(3,4)37-33-24-12-8-11-22(18-24)20-9-7-10-21(17-20)23-15-16-27-28(19-23)25-13-5-6-14-26(25)29(34)30(27)35/h5-19,36H,34-35H2,1-4H3. The summed E-state index contributed by atoms with van der Waals surface area (Å²) >= 11 is 0. The maximum atomic E-state index is 10.4. The van der Waals surface area contributed by atoms with Crippen molar-refractivity contribution < 1.29 is 9.76 Å². The zero-order valence-electron chi connectivity index (χ0n) is 21.7. The van der Waals surface area contributed by atoms with Gasteiger partial charge in [0.15, 0.2) is 0 Å². The van der Waals surface area contributed by atoms with Crippen LogP contribution in [0.5, 0.6) is 0 Å². The number of fused-ring (bicyclic) bond motifs is 3. The molecule has 0 spiro atoms. The quantitative estimate of drug-likeness (QED) is 0.114. The first-order valence-electron chi connectivity index (χ1n) is 12.5. The van der Waals surface area contributed by atoms with Crippen LogP contribution in [0.2, 0.25) is 0 Å². The van der Waals surface area contributed by atoms with Crippen molar-refractivity contribution >= 4 is 45.9 Å². The number of hydrogen-bond donors (Lipinski definition) is 3. The van der Waals surface area contributed by atoms with Crippen molar-refractivity contribution in [3.05, 3.63) is 91.0 Å². The Hall–Kier alpha value is -3.80. The van der Waals surface area contributed by atoms with Crippen LogP contribution in [-0.2, 0) is 4.65 Å². The minimum absolute atomic E-state index is 0.622. The van der Waals surface area contributed by atoms with E-state index in [1.54, 1.807) is 21.3 Å². The van der Waals surface area contributed by atoms with Gasteiger partial charge in [-0.2, -0.15) is 0 Å². The van der Waals surface area contributed by atoms with E-state index >= 15 is 0 Å². The van der Waals surface area contributed by atoms with Crippen molar-refractivity contribution in [1.82, 2.24) is 0 Å². The summed E-state index contributed by atoms with van der Waals surface area (Å²) in [6, 6.07) is 31.2. The number of aliphatic hydroxyl groups is 1. The molecule has 4 nitrogen and oxygen atoms in total. The summed E-state index contributed by atoms with van der Waals surface area (Å²) in [6.07, 6.45) is 0. The third kappa shape index (κ3) is 4.68. The van der Waals surface area contributed by atoms with Gasteiger partial charge >= 0.3 is 7.48 Å². The van der Waals surface area contributed by atoms with E-state index in [-0.39, 0.29) is 0 Å². The molecule has 0 heterocycles. The summed E-state index contributed by atoms with van der Waals surface area (Å²) < 4.78 is 5.96. The lowest BCUT2D eigenvalue weighted by atomic mass is 9.81. The van der Waals surface area contributed by atoms with Crippen LogP contribution >= 0.6 is 0 Å². The van der Waals surface area contributed by atoms with E-state index in [1.807, 2.05) is 44.2 Å². The van der Waals surface area contributed by atoms with E-state index in [4.69, 9.17) is 16.1 Å². The lowest BCUT2D eigenvalue weighted by Crippen LogP contribution is -2.49. The van der Waals surface area contributed by atoms with Gasteiger partial charge in [0, 0.05) is 10.8 Å². The lowest BCUT2D eigenvalue weighted by Gasteiger charge is -2.37. The molecule has 5 N–H and O–H groups in total. The molecule has 0 fully saturated rings. The average molecular weight is 487 g/mol. The summed E-state index contributed by atoms with van der Waals surface area (Å²) in [4.78, 5) is 0. The largest absolute Gasteiger partial charge is 0.427 e. The van der Waals surface area contributed by atoms with Gasteiger partial charge in [0.1, 0.15) is 0 Å². The summed E-state index contributed by atoms with van der Waals surface area (Å²) in [5, 5.41) is 14.5. The molecule has 0 aliphatic heterocycles. The van der Waals surface area contributed by atoms with Crippen LogP contribution in [0, 0.1) is 0 Å². The molecule has 0 bridgehead atoms. The van der Waals surface area contributed by atoms with E-state index < -0.39 is 11.2 Å². The summed E-state index contributed by atoms with van der Waals surface area (Å²) in [6.45, 7) is 7.26. The predicted octanol–water partition coefficient (Wildman–Crippen LogP) is 6.30. The Bertz CT molecular complexity index is 1620.